The van der Waals surface area contributed by atoms with E-state index in [4.69, 9.17) is 0 Å². The SMILES string of the molecule is O=C(Cn1nnc2ccccc2c1=O)N1CCN(S(=O)(=O)c2ccc(F)cc2)CC1. The topological polar surface area (TPSA) is 105 Å². The second kappa shape index (κ2) is 7.92. The summed E-state index contributed by atoms with van der Waals surface area (Å²) in [6.07, 6.45) is 0. The van der Waals surface area contributed by atoms with Crippen LogP contribution < -0.4 is 5.56 Å². The molecular formula is C19H18FN5O4S. The third-order valence-corrected chi connectivity index (χ3v) is 6.87. The molecule has 4 rings (SSSR count). The molecule has 0 saturated carbocycles. The molecular weight excluding hydrogens is 413 g/mol. The Morgan fingerprint density at radius 3 is 2.37 bits per heavy atom. The van der Waals surface area contributed by atoms with Crippen molar-refractivity contribution < 1.29 is 17.6 Å². The summed E-state index contributed by atoms with van der Waals surface area (Å²) in [5.74, 6) is -0.864. The van der Waals surface area contributed by atoms with Gasteiger partial charge >= 0.3 is 0 Å². The highest BCUT2D eigenvalue weighted by molar-refractivity contribution is 7.89. The van der Waals surface area contributed by atoms with Gasteiger partial charge < -0.3 is 4.90 Å². The van der Waals surface area contributed by atoms with Crippen molar-refractivity contribution in [3.8, 4) is 0 Å². The van der Waals surface area contributed by atoms with Crippen molar-refractivity contribution in [2.45, 2.75) is 11.4 Å². The molecule has 1 aliphatic heterocycles. The minimum atomic E-state index is -3.77. The van der Waals surface area contributed by atoms with Crippen LogP contribution in [-0.4, -0.2) is 64.7 Å². The molecule has 1 aliphatic rings. The molecule has 1 aromatic heterocycles. The number of benzene rings is 2. The number of hydrogen-bond donors (Lipinski definition) is 0. The van der Waals surface area contributed by atoms with Crippen LogP contribution in [0, 0.1) is 5.82 Å². The Morgan fingerprint density at radius 2 is 1.67 bits per heavy atom. The number of carbonyl (C=O) groups is 1. The summed E-state index contributed by atoms with van der Waals surface area (Å²) >= 11 is 0. The number of aromatic nitrogens is 3. The van der Waals surface area contributed by atoms with E-state index < -0.39 is 21.4 Å². The lowest BCUT2D eigenvalue weighted by molar-refractivity contribution is -0.133. The summed E-state index contributed by atoms with van der Waals surface area (Å²) in [7, 11) is -3.77. The van der Waals surface area contributed by atoms with Crippen molar-refractivity contribution in [1.29, 1.82) is 0 Å². The van der Waals surface area contributed by atoms with E-state index in [2.05, 4.69) is 10.3 Å². The predicted molar refractivity (Wildman–Crippen MR) is 106 cm³/mol. The number of hydrogen-bond acceptors (Lipinski definition) is 6. The molecule has 30 heavy (non-hydrogen) atoms. The summed E-state index contributed by atoms with van der Waals surface area (Å²) in [6, 6.07) is 11.3. The molecule has 2 aromatic carbocycles. The van der Waals surface area contributed by atoms with Crippen molar-refractivity contribution >= 4 is 26.8 Å². The van der Waals surface area contributed by atoms with Crippen LogP contribution in [0.1, 0.15) is 0 Å². The standard InChI is InChI=1S/C19H18FN5O4S/c20-14-5-7-15(8-6-14)30(28,29)24-11-9-23(10-12-24)18(26)13-25-19(27)16-3-1-2-4-17(16)21-22-25/h1-8H,9-13H2. The molecule has 0 N–H and O–H groups in total. The van der Waals surface area contributed by atoms with Crippen molar-refractivity contribution in [2.24, 2.45) is 0 Å². The van der Waals surface area contributed by atoms with E-state index in [9.17, 15) is 22.4 Å². The molecule has 1 saturated heterocycles. The molecule has 0 aliphatic carbocycles. The number of halogens is 1. The van der Waals surface area contributed by atoms with Crippen molar-refractivity contribution in [3.05, 3.63) is 64.7 Å². The third-order valence-electron chi connectivity index (χ3n) is 4.96. The van der Waals surface area contributed by atoms with Crippen LogP contribution in [0.3, 0.4) is 0 Å². The Hall–Kier alpha value is -3.18. The van der Waals surface area contributed by atoms with Gasteiger partial charge in [0.05, 0.1) is 10.3 Å². The lowest BCUT2D eigenvalue weighted by Crippen LogP contribution is -2.51. The largest absolute Gasteiger partial charge is 0.338 e. The Kier molecular flexibility index (Phi) is 5.31. The van der Waals surface area contributed by atoms with Crippen LogP contribution in [0.2, 0.25) is 0 Å². The van der Waals surface area contributed by atoms with Gasteiger partial charge in [-0.25, -0.2) is 17.5 Å². The van der Waals surface area contributed by atoms with Crippen LogP contribution in [0.25, 0.3) is 10.9 Å². The van der Waals surface area contributed by atoms with E-state index in [1.54, 1.807) is 24.3 Å². The first kappa shape index (κ1) is 20.1. The first-order valence-electron chi connectivity index (χ1n) is 9.22. The zero-order chi connectivity index (χ0) is 21.3. The fourth-order valence-corrected chi connectivity index (χ4v) is 4.71. The molecule has 1 amide bonds. The third kappa shape index (κ3) is 3.81. The highest BCUT2D eigenvalue weighted by Crippen LogP contribution is 2.18. The number of nitrogens with zero attached hydrogens (tertiary/aromatic N) is 5. The van der Waals surface area contributed by atoms with Crippen molar-refractivity contribution in [2.75, 3.05) is 26.2 Å². The lowest BCUT2D eigenvalue weighted by atomic mass is 10.2. The maximum absolute atomic E-state index is 13.1. The zero-order valence-electron chi connectivity index (χ0n) is 15.8. The number of fused-ring (bicyclic) bond motifs is 1. The highest BCUT2D eigenvalue weighted by Gasteiger charge is 2.30. The van der Waals surface area contributed by atoms with Crippen LogP contribution in [0.15, 0.2) is 58.2 Å². The van der Waals surface area contributed by atoms with Crippen LogP contribution in [0.5, 0.6) is 0 Å². The average molecular weight is 431 g/mol. The minimum absolute atomic E-state index is 0.00154. The maximum atomic E-state index is 13.1. The smallest absolute Gasteiger partial charge is 0.278 e. The molecule has 0 spiro atoms. The molecule has 3 aromatic rings. The summed E-state index contributed by atoms with van der Waals surface area (Å²) in [5, 5.41) is 8.14. The highest BCUT2D eigenvalue weighted by atomic mass is 32.2. The molecule has 11 heteroatoms. The van der Waals surface area contributed by atoms with E-state index in [1.165, 1.54) is 21.3 Å². The Labute approximate surface area is 171 Å². The van der Waals surface area contributed by atoms with Crippen LogP contribution >= 0.6 is 0 Å². The van der Waals surface area contributed by atoms with Gasteiger partial charge in [0.15, 0.2) is 0 Å². The molecule has 9 nitrogen and oxygen atoms in total. The number of amides is 1. The van der Waals surface area contributed by atoms with Gasteiger partial charge in [0.25, 0.3) is 5.56 Å². The molecule has 0 radical (unpaired) electrons. The first-order valence-corrected chi connectivity index (χ1v) is 10.7. The van der Waals surface area contributed by atoms with Gasteiger partial charge in [0.1, 0.15) is 17.9 Å². The quantitative estimate of drug-likeness (QED) is 0.594. The molecule has 0 unspecified atom stereocenters. The van der Waals surface area contributed by atoms with Crippen molar-refractivity contribution in [1.82, 2.24) is 24.2 Å². The molecule has 156 valence electrons. The van der Waals surface area contributed by atoms with E-state index in [1.807, 2.05) is 0 Å². The monoisotopic (exact) mass is 431 g/mol. The normalized spacial score (nSPS) is 15.4. The fourth-order valence-electron chi connectivity index (χ4n) is 3.29. The van der Waals surface area contributed by atoms with Crippen LogP contribution in [-0.2, 0) is 21.4 Å². The van der Waals surface area contributed by atoms with Gasteiger partial charge in [-0.15, -0.1) is 5.10 Å². The number of carbonyl (C=O) groups excluding carboxylic acids is 1. The van der Waals surface area contributed by atoms with Gasteiger partial charge in [-0.3, -0.25) is 9.59 Å². The van der Waals surface area contributed by atoms with Crippen LogP contribution in [0.4, 0.5) is 4.39 Å². The van der Waals surface area contributed by atoms with Gasteiger partial charge in [-0.2, -0.15) is 4.31 Å². The van der Waals surface area contributed by atoms with E-state index in [0.29, 0.717) is 10.9 Å². The second-order valence-electron chi connectivity index (χ2n) is 6.81. The first-order chi connectivity index (χ1) is 14.4. The minimum Gasteiger partial charge on any atom is -0.338 e. The lowest BCUT2D eigenvalue weighted by Gasteiger charge is -2.34. The fraction of sp³-hybridized carbons (Fsp3) is 0.263. The van der Waals surface area contributed by atoms with E-state index >= 15 is 0 Å². The Balaban J connectivity index is 1.43. The molecule has 2 heterocycles. The number of sulfonamides is 1. The zero-order valence-corrected chi connectivity index (χ0v) is 16.6. The van der Waals surface area contributed by atoms with Gasteiger partial charge in [-0.1, -0.05) is 17.3 Å². The van der Waals surface area contributed by atoms with Crippen molar-refractivity contribution in [3.63, 3.8) is 0 Å². The Bertz CT molecular complexity index is 1250. The summed E-state index contributed by atoms with van der Waals surface area (Å²) in [5.41, 5.74) is 0.0392. The second-order valence-corrected chi connectivity index (χ2v) is 8.75. The summed E-state index contributed by atoms with van der Waals surface area (Å²) < 4.78 is 40.7. The summed E-state index contributed by atoms with van der Waals surface area (Å²) in [6.45, 7) is 0.277. The maximum Gasteiger partial charge on any atom is 0.278 e. The molecule has 1 fully saturated rings. The summed E-state index contributed by atoms with van der Waals surface area (Å²) in [4.78, 5) is 26.6. The molecule has 0 bridgehead atoms. The van der Waals surface area contributed by atoms with Gasteiger partial charge in [0, 0.05) is 26.2 Å². The predicted octanol–water partition coefficient (Wildman–Crippen LogP) is 0.464. The number of piperazine rings is 1. The number of rotatable bonds is 4. The van der Waals surface area contributed by atoms with Gasteiger partial charge in [0.2, 0.25) is 15.9 Å². The van der Waals surface area contributed by atoms with Gasteiger partial charge in [-0.05, 0) is 36.4 Å². The van der Waals surface area contributed by atoms with E-state index in [0.717, 1.165) is 16.8 Å². The Morgan fingerprint density at radius 1 is 1.00 bits per heavy atom. The molecule has 0 atom stereocenters. The van der Waals surface area contributed by atoms with E-state index in [-0.39, 0.29) is 43.5 Å². The average Bonchev–Trinajstić information content (AvgIpc) is 2.76.